The summed E-state index contributed by atoms with van der Waals surface area (Å²) in [6.07, 6.45) is 2.43. The van der Waals surface area contributed by atoms with Crippen molar-refractivity contribution in [2.45, 2.75) is 51.9 Å². The second-order valence-electron chi connectivity index (χ2n) is 8.65. The summed E-state index contributed by atoms with van der Waals surface area (Å²) in [5.41, 5.74) is 2.88. The Kier molecular flexibility index (Phi) is 9.52. The van der Waals surface area contributed by atoms with Crippen molar-refractivity contribution in [2.75, 3.05) is 27.2 Å². The Hall–Kier alpha value is -2.59. The summed E-state index contributed by atoms with van der Waals surface area (Å²) in [7, 11) is 3.59. The molecule has 0 aliphatic carbocycles. The van der Waals surface area contributed by atoms with Crippen molar-refractivity contribution >= 4 is 0 Å². The van der Waals surface area contributed by atoms with E-state index in [4.69, 9.17) is 11.3 Å². The molecular formula is C26H36N2O4. The number of likely N-dealkylation sites (N-methyl/N-ethyl adjacent to an activating group) is 1. The molecule has 0 amide bonds. The molecule has 0 radical (unpaired) electrons. The summed E-state index contributed by atoms with van der Waals surface area (Å²) < 4.78 is 5.26. The van der Waals surface area contributed by atoms with Gasteiger partial charge in [-0.3, -0.25) is 0 Å². The zero-order chi connectivity index (χ0) is 23.7. The highest BCUT2D eigenvalue weighted by Crippen LogP contribution is 2.41. The quantitative estimate of drug-likeness (QED) is 0.433. The summed E-state index contributed by atoms with van der Waals surface area (Å²) in [6.45, 7) is 13.7. The van der Waals surface area contributed by atoms with Gasteiger partial charge >= 0.3 is 0 Å². The van der Waals surface area contributed by atoms with Crippen LogP contribution in [0.5, 0.6) is 11.5 Å². The number of rotatable bonds is 12. The van der Waals surface area contributed by atoms with Gasteiger partial charge in [-0.25, -0.2) is 6.57 Å². The number of aromatic hydroxyl groups is 1. The van der Waals surface area contributed by atoms with Crippen LogP contribution < -0.4 is 4.74 Å². The van der Waals surface area contributed by atoms with Crippen LogP contribution in [0.25, 0.3) is 4.85 Å². The molecule has 1 atom stereocenters. The molecular weight excluding hydrogens is 404 g/mol. The van der Waals surface area contributed by atoms with Crippen LogP contribution in [0, 0.1) is 12.5 Å². The molecule has 0 saturated carbocycles. The topological polar surface area (TPSA) is 77.5 Å². The van der Waals surface area contributed by atoms with Crippen LogP contribution in [0.2, 0.25) is 0 Å². The van der Waals surface area contributed by atoms with Gasteiger partial charge in [0.15, 0.2) is 11.5 Å². The molecule has 0 aliphatic heterocycles. The summed E-state index contributed by atoms with van der Waals surface area (Å²) in [5.74, 6) is 0.583. The first-order chi connectivity index (χ1) is 15.3. The molecule has 0 saturated heterocycles. The van der Waals surface area contributed by atoms with Crippen molar-refractivity contribution in [2.24, 2.45) is 5.92 Å². The number of ether oxygens (including phenoxy) is 1. The largest absolute Gasteiger partial charge is 0.504 e. The second kappa shape index (κ2) is 11.9. The van der Waals surface area contributed by atoms with Gasteiger partial charge in [0, 0.05) is 24.4 Å². The Morgan fingerprint density at radius 2 is 1.78 bits per heavy atom. The summed E-state index contributed by atoms with van der Waals surface area (Å²) in [6, 6.07) is 11.0. The van der Waals surface area contributed by atoms with Crippen molar-refractivity contribution in [3.63, 3.8) is 0 Å². The van der Waals surface area contributed by atoms with Gasteiger partial charge in [-0.2, -0.15) is 0 Å². The third-order valence-electron chi connectivity index (χ3n) is 6.33. The number of hydrogen-bond acceptors (Lipinski definition) is 5. The summed E-state index contributed by atoms with van der Waals surface area (Å²) in [5, 5.41) is 28.8. The molecule has 0 bridgehead atoms. The molecule has 0 spiro atoms. The Morgan fingerprint density at radius 3 is 2.38 bits per heavy atom. The average molecular weight is 441 g/mol. The van der Waals surface area contributed by atoms with Crippen LogP contribution >= 0.6 is 0 Å². The minimum Gasteiger partial charge on any atom is -0.504 e. The second-order valence-corrected chi connectivity index (χ2v) is 8.65. The first-order valence-corrected chi connectivity index (χ1v) is 11.1. The van der Waals surface area contributed by atoms with Crippen LogP contribution in [0.15, 0.2) is 36.4 Å². The minimum atomic E-state index is -0.669. The van der Waals surface area contributed by atoms with Gasteiger partial charge in [0.25, 0.3) is 5.54 Å². The Morgan fingerprint density at radius 1 is 1.06 bits per heavy atom. The lowest BCUT2D eigenvalue weighted by Gasteiger charge is -2.28. The maximum Gasteiger partial charge on any atom is 0.259 e. The normalized spacial score (nSPS) is 13.2. The van der Waals surface area contributed by atoms with E-state index >= 15 is 0 Å². The van der Waals surface area contributed by atoms with Crippen molar-refractivity contribution < 1.29 is 20.1 Å². The molecule has 0 fully saturated rings. The Bertz CT molecular complexity index is 923. The number of aliphatic hydroxyl groups excluding tert-OH is 2. The van der Waals surface area contributed by atoms with Crippen LogP contribution in [-0.4, -0.2) is 47.5 Å². The third-order valence-corrected chi connectivity index (χ3v) is 6.33. The number of hydrogen-bond donors (Lipinski definition) is 3. The highest BCUT2D eigenvalue weighted by molar-refractivity contribution is 5.45. The fourth-order valence-electron chi connectivity index (χ4n) is 4.15. The molecule has 0 heterocycles. The van der Waals surface area contributed by atoms with Gasteiger partial charge in [-0.05, 0) is 61.3 Å². The van der Waals surface area contributed by atoms with E-state index in [1.54, 1.807) is 12.1 Å². The van der Waals surface area contributed by atoms with E-state index in [-0.39, 0.29) is 24.9 Å². The number of benzene rings is 2. The molecule has 1 unspecified atom stereocenters. The molecule has 0 aliphatic rings. The number of phenols is 1. The minimum absolute atomic E-state index is 0.0678. The maximum absolute atomic E-state index is 9.94. The highest BCUT2D eigenvalue weighted by Gasteiger charge is 2.42. The van der Waals surface area contributed by atoms with Crippen LogP contribution in [0.3, 0.4) is 0 Å². The van der Waals surface area contributed by atoms with Crippen LogP contribution in [0.4, 0.5) is 0 Å². The van der Waals surface area contributed by atoms with E-state index in [2.05, 4.69) is 30.6 Å². The lowest BCUT2D eigenvalue weighted by atomic mass is 9.77. The van der Waals surface area contributed by atoms with Gasteiger partial charge in [0.05, 0.1) is 20.3 Å². The predicted octanol–water partition coefficient (Wildman–Crippen LogP) is 4.11. The van der Waals surface area contributed by atoms with E-state index in [1.807, 2.05) is 24.3 Å². The van der Waals surface area contributed by atoms with Gasteiger partial charge in [-0.15, -0.1) is 0 Å². The smallest absolute Gasteiger partial charge is 0.259 e. The fraction of sp³-hybridized carbons (Fsp3) is 0.500. The average Bonchev–Trinajstić information content (AvgIpc) is 2.80. The van der Waals surface area contributed by atoms with E-state index in [0.717, 1.165) is 48.2 Å². The Balaban J connectivity index is 2.00. The van der Waals surface area contributed by atoms with E-state index in [1.165, 1.54) is 7.11 Å². The lowest BCUT2D eigenvalue weighted by molar-refractivity contribution is 0.259. The maximum atomic E-state index is 9.94. The van der Waals surface area contributed by atoms with E-state index in [9.17, 15) is 15.3 Å². The molecule has 2 aromatic rings. The molecule has 32 heavy (non-hydrogen) atoms. The van der Waals surface area contributed by atoms with Crippen LogP contribution in [-0.2, 0) is 25.2 Å². The molecule has 2 rings (SSSR count). The zero-order valence-corrected chi connectivity index (χ0v) is 19.6. The Labute approximate surface area is 191 Å². The summed E-state index contributed by atoms with van der Waals surface area (Å²) in [4.78, 5) is 6.33. The third kappa shape index (κ3) is 6.01. The molecule has 3 N–H and O–H groups in total. The number of aliphatic hydroxyl groups is 2. The van der Waals surface area contributed by atoms with Gasteiger partial charge in [-0.1, -0.05) is 32.0 Å². The number of phenolic OH excluding ortho intramolecular Hbond substituents is 1. The van der Waals surface area contributed by atoms with Crippen molar-refractivity contribution in [1.29, 1.82) is 0 Å². The highest BCUT2D eigenvalue weighted by atomic mass is 16.5. The molecule has 6 heteroatoms. The standard InChI is InChI=1S/C26H36N2O4/c1-19(2)26(27-3,23-9-10-24(31)25(16-23)32-5)12-6-13-28(4)14-11-20-7-8-21(17-29)22(15-20)18-30/h7-10,15-16,19,29-31H,6,11-14,17-18H2,1-2,4-5H3. The SMILES string of the molecule is [C-]#[N+]C(CCCN(C)CCc1ccc(CO)c(CO)c1)(c1ccc(O)c(OC)c1)C(C)C. The molecule has 174 valence electrons. The van der Waals surface area contributed by atoms with Gasteiger partial charge < -0.3 is 29.8 Å². The van der Waals surface area contributed by atoms with Crippen LogP contribution in [0.1, 0.15) is 48.9 Å². The molecule has 0 aromatic heterocycles. The lowest BCUT2D eigenvalue weighted by Crippen LogP contribution is -2.31. The van der Waals surface area contributed by atoms with Crippen molar-refractivity contribution in [1.82, 2.24) is 4.90 Å². The van der Waals surface area contributed by atoms with Crippen molar-refractivity contribution in [3.8, 4) is 11.5 Å². The van der Waals surface area contributed by atoms with E-state index in [0.29, 0.717) is 12.2 Å². The monoisotopic (exact) mass is 440 g/mol. The number of methoxy groups -OCH3 is 1. The van der Waals surface area contributed by atoms with Gasteiger partial charge in [0.2, 0.25) is 0 Å². The summed E-state index contributed by atoms with van der Waals surface area (Å²) >= 11 is 0. The first kappa shape index (κ1) is 25.7. The predicted molar refractivity (Wildman–Crippen MR) is 126 cm³/mol. The first-order valence-electron chi connectivity index (χ1n) is 11.1. The van der Waals surface area contributed by atoms with Gasteiger partial charge in [0.1, 0.15) is 0 Å². The fourth-order valence-corrected chi connectivity index (χ4v) is 4.15. The van der Waals surface area contributed by atoms with E-state index < -0.39 is 5.54 Å². The molecule has 2 aromatic carbocycles. The zero-order valence-electron chi connectivity index (χ0n) is 19.6. The molecule has 6 nitrogen and oxygen atoms in total. The number of nitrogens with zero attached hydrogens (tertiary/aromatic N) is 2. The van der Waals surface area contributed by atoms with Crippen molar-refractivity contribution in [3.05, 3.63) is 70.1 Å².